The maximum absolute atomic E-state index is 12.4. The number of anilines is 2. The standard InChI is InChI=1S/C24H25N3O3/c1-18-21(13-8-14-22(18)27-24(29)19-9-4-2-5-10-19)26-17-23(28)25-15-16-30-20-11-6-3-7-12-20/h2-14,26H,15-17H2,1H3,(H,25,28)(H,27,29). The number of ether oxygens (including phenoxy) is 1. The Bertz CT molecular complexity index is 976. The molecular weight excluding hydrogens is 378 g/mol. The number of benzene rings is 3. The zero-order valence-corrected chi connectivity index (χ0v) is 16.9. The Balaban J connectivity index is 1.46. The second-order valence-corrected chi connectivity index (χ2v) is 6.66. The predicted octanol–water partition coefficient (Wildman–Crippen LogP) is 3.85. The summed E-state index contributed by atoms with van der Waals surface area (Å²) in [4.78, 5) is 24.5. The fourth-order valence-corrected chi connectivity index (χ4v) is 2.86. The number of nitrogens with one attached hydrogen (secondary N) is 3. The lowest BCUT2D eigenvalue weighted by Crippen LogP contribution is -2.33. The molecule has 0 aromatic heterocycles. The van der Waals surface area contributed by atoms with Crippen LogP contribution in [0.4, 0.5) is 11.4 Å². The van der Waals surface area contributed by atoms with Crippen LogP contribution in [0, 0.1) is 6.92 Å². The zero-order valence-electron chi connectivity index (χ0n) is 16.9. The van der Waals surface area contributed by atoms with Crippen molar-refractivity contribution in [3.63, 3.8) is 0 Å². The third kappa shape index (κ3) is 6.10. The van der Waals surface area contributed by atoms with Crippen LogP contribution >= 0.6 is 0 Å². The smallest absolute Gasteiger partial charge is 0.255 e. The van der Waals surface area contributed by atoms with Gasteiger partial charge >= 0.3 is 0 Å². The van der Waals surface area contributed by atoms with Crippen molar-refractivity contribution >= 4 is 23.2 Å². The number of carbonyl (C=O) groups excluding carboxylic acids is 2. The van der Waals surface area contributed by atoms with Gasteiger partial charge in [0.25, 0.3) is 5.91 Å². The van der Waals surface area contributed by atoms with Crippen LogP contribution in [0.25, 0.3) is 0 Å². The van der Waals surface area contributed by atoms with Gasteiger partial charge in [0, 0.05) is 16.9 Å². The molecule has 3 N–H and O–H groups in total. The van der Waals surface area contributed by atoms with Gasteiger partial charge in [-0.1, -0.05) is 42.5 Å². The largest absolute Gasteiger partial charge is 0.492 e. The van der Waals surface area contributed by atoms with Crippen molar-refractivity contribution in [2.24, 2.45) is 0 Å². The van der Waals surface area contributed by atoms with E-state index in [4.69, 9.17) is 4.74 Å². The molecule has 0 aliphatic heterocycles. The molecular formula is C24H25N3O3. The van der Waals surface area contributed by atoms with E-state index in [1.807, 2.05) is 73.7 Å². The predicted molar refractivity (Wildman–Crippen MR) is 119 cm³/mol. The lowest BCUT2D eigenvalue weighted by atomic mass is 10.1. The Morgan fingerprint density at radius 2 is 1.50 bits per heavy atom. The summed E-state index contributed by atoms with van der Waals surface area (Å²) in [7, 11) is 0. The molecule has 0 aliphatic carbocycles. The monoisotopic (exact) mass is 403 g/mol. The molecule has 0 fully saturated rings. The minimum absolute atomic E-state index is 0.127. The van der Waals surface area contributed by atoms with Crippen LogP contribution in [-0.4, -0.2) is 31.5 Å². The van der Waals surface area contributed by atoms with Crippen molar-refractivity contribution in [1.82, 2.24) is 5.32 Å². The molecule has 0 spiro atoms. The molecule has 0 unspecified atom stereocenters. The maximum atomic E-state index is 12.4. The van der Waals surface area contributed by atoms with Crippen LogP contribution in [-0.2, 0) is 4.79 Å². The molecule has 0 atom stereocenters. The minimum Gasteiger partial charge on any atom is -0.492 e. The van der Waals surface area contributed by atoms with Gasteiger partial charge in [0.1, 0.15) is 12.4 Å². The first-order chi connectivity index (χ1) is 14.6. The van der Waals surface area contributed by atoms with Crippen LogP contribution < -0.4 is 20.7 Å². The summed E-state index contributed by atoms with van der Waals surface area (Å²) in [6.45, 7) is 2.84. The van der Waals surface area contributed by atoms with Crippen LogP contribution in [0.15, 0.2) is 78.9 Å². The van der Waals surface area contributed by atoms with E-state index in [-0.39, 0.29) is 18.4 Å². The highest BCUT2D eigenvalue weighted by molar-refractivity contribution is 6.05. The summed E-state index contributed by atoms with van der Waals surface area (Å²) in [5, 5.41) is 8.85. The summed E-state index contributed by atoms with van der Waals surface area (Å²) in [5.74, 6) is 0.464. The van der Waals surface area contributed by atoms with E-state index in [0.717, 1.165) is 17.0 Å². The fraction of sp³-hybridized carbons (Fsp3) is 0.167. The molecule has 3 rings (SSSR count). The second-order valence-electron chi connectivity index (χ2n) is 6.66. The Labute approximate surface area is 176 Å². The fourth-order valence-electron chi connectivity index (χ4n) is 2.86. The number of amides is 2. The summed E-state index contributed by atoms with van der Waals surface area (Å²) in [5.41, 5.74) is 2.94. The van der Waals surface area contributed by atoms with E-state index in [9.17, 15) is 9.59 Å². The lowest BCUT2D eigenvalue weighted by Gasteiger charge is -2.14. The van der Waals surface area contributed by atoms with E-state index >= 15 is 0 Å². The molecule has 0 saturated carbocycles. The molecule has 3 aromatic rings. The third-order valence-corrected chi connectivity index (χ3v) is 4.49. The number of para-hydroxylation sites is 1. The normalized spacial score (nSPS) is 10.2. The molecule has 6 heteroatoms. The Hall–Kier alpha value is -3.80. The van der Waals surface area contributed by atoms with E-state index in [0.29, 0.717) is 24.4 Å². The molecule has 0 aliphatic rings. The summed E-state index contributed by atoms with van der Waals surface area (Å²) < 4.78 is 5.55. The molecule has 2 amide bonds. The number of carbonyl (C=O) groups is 2. The molecule has 0 heterocycles. The molecule has 0 bridgehead atoms. The van der Waals surface area contributed by atoms with Crippen molar-refractivity contribution in [3.05, 3.63) is 90.0 Å². The van der Waals surface area contributed by atoms with Crippen LogP contribution in [0.1, 0.15) is 15.9 Å². The van der Waals surface area contributed by atoms with Gasteiger partial charge in [-0.25, -0.2) is 0 Å². The van der Waals surface area contributed by atoms with Gasteiger partial charge in [-0.05, 0) is 48.9 Å². The molecule has 0 radical (unpaired) electrons. The Kier molecular flexibility index (Phi) is 7.44. The summed E-state index contributed by atoms with van der Waals surface area (Å²) >= 11 is 0. The van der Waals surface area contributed by atoms with Crippen LogP contribution in [0.2, 0.25) is 0 Å². The highest BCUT2D eigenvalue weighted by atomic mass is 16.5. The minimum atomic E-state index is -0.174. The zero-order chi connectivity index (χ0) is 21.2. The van der Waals surface area contributed by atoms with Crippen molar-refractivity contribution in [1.29, 1.82) is 0 Å². The van der Waals surface area contributed by atoms with Crippen molar-refractivity contribution in [2.45, 2.75) is 6.92 Å². The average molecular weight is 403 g/mol. The Morgan fingerprint density at radius 3 is 2.23 bits per heavy atom. The van der Waals surface area contributed by atoms with Crippen LogP contribution in [0.3, 0.4) is 0 Å². The highest BCUT2D eigenvalue weighted by Gasteiger charge is 2.10. The van der Waals surface area contributed by atoms with Crippen molar-refractivity contribution in [2.75, 3.05) is 30.3 Å². The Morgan fingerprint density at radius 1 is 0.833 bits per heavy atom. The quantitative estimate of drug-likeness (QED) is 0.474. The number of rotatable bonds is 9. The van der Waals surface area contributed by atoms with E-state index in [1.165, 1.54) is 0 Å². The van der Waals surface area contributed by atoms with Gasteiger partial charge in [-0.2, -0.15) is 0 Å². The van der Waals surface area contributed by atoms with Gasteiger partial charge in [0.15, 0.2) is 0 Å². The molecule has 0 saturated heterocycles. The van der Waals surface area contributed by atoms with E-state index < -0.39 is 0 Å². The first kappa shape index (κ1) is 20.9. The van der Waals surface area contributed by atoms with E-state index in [2.05, 4.69) is 16.0 Å². The molecule has 3 aromatic carbocycles. The van der Waals surface area contributed by atoms with Gasteiger partial charge in [-0.15, -0.1) is 0 Å². The van der Waals surface area contributed by atoms with E-state index in [1.54, 1.807) is 12.1 Å². The first-order valence-corrected chi connectivity index (χ1v) is 9.78. The van der Waals surface area contributed by atoms with Crippen molar-refractivity contribution in [3.8, 4) is 5.75 Å². The highest BCUT2D eigenvalue weighted by Crippen LogP contribution is 2.23. The molecule has 154 valence electrons. The summed E-state index contributed by atoms with van der Waals surface area (Å²) in [6, 6.07) is 24.0. The van der Waals surface area contributed by atoms with Gasteiger partial charge in [0.05, 0.1) is 13.1 Å². The number of hydrogen-bond acceptors (Lipinski definition) is 4. The molecule has 30 heavy (non-hydrogen) atoms. The van der Waals surface area contributed by atoms with Gasteiger partial charge < -0.3 is 20.7 Å². The van der Waals surface area contributed by atoms with Gasteiger partial charge in [-0.3, -0.25) is 9.59 Å². The average Bonchev–Trinajstić information content (AvgIpc) is 2.78. The SMILES string of the molecule is Cc1c(NCC(=O)NCCOc2ccccc2)cccc1NC(=O)c1ccccc1. The third-order valence-electron chi connectivity index (χ3n) is 4.49. The topological polar surface area (TPSA) is 79.5 Å². The molecule has 6 nitrogen and oxygen atoms in total. The van der Waals surface area contributed by atoms with Crippen LogP contribution in [0.5, 0.6) is 5.75 Å². The summed E-state index contributed by atoms with van der Waals surface area (Å²) in [6.07, 6.45) is 0. The first-order valence-electron chi connectivity index (χ1n) is 9.78. The lowest BCUT2D eigenvalue weighted by molar-refractivity contribution is -0.119. The maximum Gasteiger partial charge on any atom is 0.255 e. The second kappa shape index (κ2) is 10.7. The number of hydrogen-bond donors (Lipinski definition) is 3. The van der Waals surface area contributed by atoms with Gasteiger partial charge in [0.2, 0.25) is 5.91 Å². The van der Waals surface area contributed by atoms with Crippen molar-refractivity contribution < 1.29 is 14.3 Å².